The molecule has 3 atom stereocenters. The van der Waals surface area contributed by atoms with Crippen molar-refractivity contribution in [1.29, 1.82) is 0 Å². The van der Waals surface area contributed by atoms with Crippen LogP contribution in [0.1, 0.15) is 0 Å². The number of phosphoric ester groups is 1. The summed E-state index contributed by atoms with van der Waals surface area (Å²) in [7, 11) is -4.63. The first-order valence-corrected chi connectivity index (χ1v) is 4.65. The zero-order valence-corrected chi connectivity index (χ0v) is 6.79. The standard InChI is InChI=1S/C4H9O7P/c5-1-2-3(6)4(10-2)11-12(7,8)9/h2-6H,1H2,(H2,7,8,9). The number of rotatable bonds is 3. The van der Waals surface area contributed by atoms with Crippen molar-refractivity contribution in [1.82, 2.24) is 0 Å². The van der Waals surface area contributed by atoms with E-state index in [1.165, 1.54) is 0 Å². The molecule has 4 N–H and O–H groups in total. The van der Waals surface area contributed by atoms with Crippen molar-refractivity contribution < 1.29 is 33.8 Å². The molecule has 12 heavy (non-hydrogen) atoms. The Morgan fingerprint density at radius 3 is 2.42 bits per heavy atom. The van der Waals surface area contributed by atoms with Gasteiger partial charge in [-0.25, -0.2) is 4.57 Å². The molecule has 72 valence electrons. The summed E-state index contributed by atoms with van der Waals surface area (Å²) in [5.41, 5.74) is 0. The molecular formula is C4H9O7P. The second-order valence-electron chi connectivity index (χ2n) is 2.31. The van der Waals surface area contributed by atoms with Gasteiger partial charge in [0.05, 0.1) is 6.61 Å². The molecule has 8 heteroatoms. The maximum atomic E-state index is 10.2. The first-order valence-electron chi connectivity index (χ1n) is 3.12. The molecule has 0 spiro atoms. The lowest BCUT2D eigenvalue weighted by Crippen LogP contribution is -2.56. The van der Waals surface area contributed by atoms with E-state index >= 15 is 0 Å². The van der Waals surface area contributed by atoms with E-state index < -0.39 is 32.9 Å². The minimum atomic E-state index is -4.63. The lowest BCUT2D eigenvalue weighted by Gasteiger charge is -2.39. The first-order chi connectivity index (χ1) is 5.44. The van der Waals surface area contributed by atoms with Gasteiger partial charge in [-0.05, 0) is 0 Å². The quantitative estimate of drug-likeness (QED) is 0.396. The molecule has 1 saturated heterocycles. The first kappa shape index (κ1) is 10.1. The molecule has 1 heterocycles. The van der Waals surface area contributed by atoms with Crippen LogP contribution >= 0.6 is 7.82 Å². The van der Waals surface area contributed by atoms with Gasteiger partial charge in [0, 0.05) is 0 Å². The second kappa shape index (κ2) is 3.39. The van der Waals surface area contributed by atoms with E-state index in [0.29, 0.717) is 0 Å². The normalized spacial score (nSPS) is 36.2. The number of aliphatic hydroxyl groups is 2. The van der Waals surface area contributed by atoms with Gasteiger partial charge in [0.15, 0.2) is 6.29 Å². The van der Waals surface area contributed by atoms with Crippen LogP contribution < -0.4 is 0 Å². The molecule has 0 saturated carbocycles. The summed E-state index contributed by atoms with van der Waals surface area (Å²) >= 11 is 0. The number of aliphatic hydroxyl groups excluding tert-OH is 2. The number of hydrogen-bond acceptors (Lipinski definition) is 5. The van der Waals surface area contributed by atoms with Crippen LogP contribution in [0.15, 0.2) is 0 Å². The van der Waals surface area contributed by atoms with Crippen molar-refractivity contribution in [2.24, 2.45) is 0 Å². The molecule has 1 aliphatic rings. The zero-order chi connectivity index (χ0) is 9.35. The lowest BCUT2D eigenvalue weighted by atomic mass is 10.1. The van der Waals surface area contributed by atoms with Crippen molar-refractivity contribution in [3.63, 3.8) is 0 Å². The van der Waals surface area contributed by atoms with E-state index in [9.17, 15) is 4.57 Å². The maximum Gasteiger partial charge on any atom is 0.472 e. The molecule has 7 nitrogen and oxygen atoms in total. The minimum absolute atomic E-state index is 0.414. The third kappa shape index (κ3) is 2.24. The van der Waals surface area contributed by atoms with Crippen LogP contribution in [-0.2, 0) is 13.8 Å². The molecule has 0 amide bonds. The second-order valence-corrected chi connectivity index (χ2v) is 3.50. The van der Waals surface area contributed by atoms with Gasteiger partial charge in [0.2, 0.25) is 0 Å². The largest absolute Gasteiger partial charge is 0.472 e. The van der Waals surface area contributed by atoms with Gasteiger partial charge in [-0.1, -0.05) is 0 Å². The third-order valence-electron chi connectivity index (χ3n) is 1.39. The fourth-order valence-electron chi connectivity index (χ4n) is 0.793. The van der Waals surface area contributed by atoms with Crippen LogP contribution in [0.4, 0.5) is 0 Å². The third-order valence-corrected chi connectivity index (χ3v) is 1.87. The molecule has 0 aromatic rings. The highest BCUT2D eigenvalue weighted by molar-refractivity contribution is 7.46. The topological polar surface area (TPSA) is 116 Å². The number of hydrogen-bond donors (Lipinski definition) is 4. The highest BCUT2D eigenvalue weighted by Gasteiger charge is 2.44. The van der Waals surface area contributed by atoms with Crippen LogP contribution in [0.25, 0.3) is 0 Å². The molecule has 0 aromatic carbocycles. The lowest BCUT2D eigenvalue weighted by molar-refractivity contribution is -0.304. The van der Waals surface area contributed by atoms with E-state index in [1.54, 1.807) is 0 Å². The smallest absolute Gasteiger partial charge is 0.394 e. The number of ether oxygens (including phenoxy) is 1. The monoisotopic (exact) mass is 200 g/mol. The summed E-state index contributed by atoms with van der Waals surface area (Å²) in [4.78, 5) is 16.5. The summed E-state index contributed by atoms with van der Waals surface area (Å²) in [5.74, 6) is 0. The van der Waals surface area contributed by atoms with E-state index in [4.69, 9.17) is 20.0 Å². The fourth-order valence-corrected chi connectivity index (χ4v) is 1.24. The average Bonchev–Trinajstić information content (AvgIpc) is 1.94. The molecule has 0 aromatic heterocycles. The van der Waals surface area contributed by atoms with Crippen LogP contribution in [0.2, 0.25) is 0 Å². The van der Waals surface area contributed by atoms with Crippen molar-refractivity contribution in [2.75, 3.05) is 6.61 Å². The predicted molar refractivity (Wildman–Crippen MR) is 34.9 cm³/mol. The van der Waals surface area contributed by atoms with Crippen LogP contribution in [0.5, 0.6) is 0 Å². The fraction of sp³-hybridized carbons (Fsp3) is 1.00. The number of phosphoric acid groups is 1. The summed E-state index contributed by atoms with van der Waals surface area (Å²) < 4.78 is 18.8. The molecule has 0 aliphatic carbocycles. The molecule has 1 fully saturated rings. The average molecular weight is 200 g/mol. The Morgan fingerprint density at radius 1 is 1.50 bits per heavy atom. The van der Waals surface area contributed by atoms with Gasteiger partial charge >= 0.3 is 7.82 Å². The Hall–Kier alpha value is -0.0100. The molecule has 0 radical (unpaired) electrons. The highest BCUT2D eigenvalue weighted by Crippen LogP contribution is 2.41. The maximum absolute atomic E-state index is 10.2. The van der Waals surface area contributed by atoms with Crippen LogP contribution in [0, 0.1) is 0 Å². The summed E-state index contributed by atoms with van der Waals surface area (Å²) in [5, 5.41) is 17.4. The van der Waals surface area contributed by atoms with Gasteiger partial charge in [0.1, 0.15) is 12.2 Å². The van der Waals surface area contributed by atoms with Gasteiger partial charge in [-0.2, -0.15) is 0 Å². The molecule has 1 rings (SSSR count). The van der Waals surface area contributed by atoms with E-state index in [-0.39, 0.29) is 0 Å². The van der Waals surface area contributed by atoms with E-state index in [0.717, 1.165) is 0 Å². The van der Waals surface area contributed by atoms with Crippen LogP contribution in [-0.4, -0.2) is 45.1 Å². The Morgan fingerprint density at radius 2 is 2.08 bits per heavy atom. The zero-order valence-electron chi connectivity index (χ0n) is 5.90. The molecular weight excluding hydrogens is 191 g/mol. The van der Waals surface area contributed by atoms with E-state index in [1.807, 2.05) is 0 Å². The van der Waals surface area contributed by atoms with Crippen molar-refractivity contribution in [3.05, 3.63) is 0 Å². The van der Waals surface area contributed by atoms with Crippen LogP contribution in [0.3, 0.4) is 0 Å². The molecule has 0 bridgehead atoms. The van der Waals surface area contributed by atoms with Gasteiger partial charge < -0.3 is 24.7 Å². The molecule has 1 aliphatic heterocycles. The van der Waals surface area contributed by atoms with Gasteiger partial charge in [-0.3, -0.25) is 4.52 Å². The minimum Gasteiger partial charge on any atom is -0.394 e. The van der Waals surface area contributed by atoms with Gasteiger partial charge in [0.25, 0.3) is 0 Å². The SMILES string of the molecule is O=P(O)(O)OC1OC(CO)C1O. The Bertz CT molecular complexity index is 200. The van der Waals surface area contributed by atoms with Crippen molar-refractivity contribution >= 4 is 7.82 Å². The van der Waals surface area contributed by atoms with Crippen molar-refractivity contribution in [3.8, 4) is 0 Å². The van der Waals surface area contributed by atoms with Gasteiger partial charge in [-0.15, -0.1) is 0 Å². The Balaban J connectivity index is 2.35. The Kier molecular flexibility index (Phi) is 2.84. The molecule has 3 unspecified atom stereocenters. The summed E-state index contributed by atoms with van der Waals surface area (Å²) in [6.45, 7) is -0.414. The van der Waals surface area contributed by atoms with Crippen molar-refractivity contribution in [2.45, 2.75) is 18.5 Å². The Labute approximate surface area is 67.8 Å². The van der Waals surface area contributed by atoms with E-state index in [2.05, 4.69) is 9.26 Å². The summed E-state index contributed by atoms with van der Waals surface area (Å²) in [6.07, 6.45) is -3.35. The predicted octanol–water partition coefficient (Wildman–Crippen LogP) is -1.83. The summed E-state index contributed by atoms with van der Waals surface area (Å²) in [6, 6.07) is 0. The highest BCUT2D eigenvalue weighted by atomic mass is 31.2.